The molecule has 1 atom stereocenters. The summed E-state index contributed by atoms with van der Waals surface area (Å²) in [5.41, 5.74) is 0.802. The van der Waals surface area contributed by atoms with Crippen LogP contribution in [0.5, 0.6) is 5.75 Å². The first-order valence-electron chi connectivity index (χ1n) is 6.37. The van der Waals surface area contributed by atoms with Crippen LogP contribution in [0.3, 0.4) is 0 Å². The average Bonchev–Trinajstić information content (AvgIpc) is 3.01. The van der Waals surface area contributed by atoms with Gasteiger partial charge in [-0.1, -0.05) is 12.1 Å². The van der Waals surface area contributed by atoms with Crippen LogP contribution >= 0.6 is 11.3 Å². The van der Waals surface area contributed by atoms with E-state index >= 15 is 0 Å². The van der Waals surface area contributed by atoms with Crippen molar-refractivity contribution in [1.82, 2.24) is 4.72 Å². The Kier molecular flexibility index (Phi) is 5.35. The molecule has 7 heteroatoms. The van der Waals surface area contributed by atoms with Crippen LogP contribution in [0, 0.1) is 0 Å². The van der Waals surface area contributed by atoms with Crippen molar-refractivity contribution in [2.24, 2.45) is 0 Å². The second-order valence-corrected chi connectivity index (χ2v) is 6.93. The standard InChI is InChI=1S/C14H17NO4S2/c1-19-13-4-2-3-5-14(13)21(17,18)15-8-6-12(16)11-7-9-20-10-11/h2-5,7,9-10,12,15-16H,6,8H2,1H3. The number of aliphatic hydroxyl groups is 1. The quantitative estimate of drug-likeness (QED) is 0.817. The van der Waals surface area contributed by atoms with Crippen LogP contribution in [-0.4, -0.2) is 27.2 Å². The Balaban J connectivity index is 1.98. The summed E-state index contributed by atoms with van der Waals surface area (Å²) in [7, 11) is -2.23. The lowest BCUT2D eigenvalue weighted by atomic mass is 10.1. The molecule has 1 aromatic heterocycles. The summed E-state index contributed by atoms with van der Waals surface area (Å²) in [6.07, 6.45) is -0.359. The molecule has 0 aliphatic heterocycles. The van der Waals surface area contributed by atoms with Crippen molar-refractivity contribution in [3.8, 4) is 5.75 Å². The lowest BCUT2D eigenvalue weighted by molar-refractivity contribution is 0.169. The third-order valence-electron chi connectivity index (χ3n) is 3.00. The van der Waals surface area contributed by atoms with Gasteiger partial charge in [0.05, 0.1) is 13.2 Å². The third-order valence-corrected chi connectivity index (χ3v) is 5.20. The molecule has 0 amide bonds. The number of para-hydroxylation sites is 1. The van der Waals surface area contributed by atoms with Crippen molar-refractivity contribution >= 4 is 21.4 Å². The molecule has 0 spiro atoms. The van der Waals surface area contributed by atoms with Gasteiger partial charge in [0.2, 0.25) is 10.0 Å². The van der Waals surface area contributed by atoms with Crippen molar-refractivity contribution in [3.63, 3.8) is 0 Å². The fraction of sp³-hybridized carbons (Fsp3) is 0.286. The second kappa shape index (κ2) is 7.04. The van der Waals surface area contributed by atoms with E-state index in [0.717, 1.165) is 5.56 Å². The number of benzene rings is 1. The van der Waals surface area contributed by atoms with Gasteiger partial charge in [0, 0.05) is 6.54 Å². The third kappa shape index (κ3) is 4.04. The minimum absolute atomic E-state index is 0.0949. The summed E-state index contributed by atoms with van der Waals surface area (Å²) in [6.45, 7) is 0.150. The number of rotatable bonds is 7. The highest BCUT2D eigenvalue weighted by molar-refractivity contribution is 7.89. The van der Waals surface area contributed by atoms with Gasteiger partial charge in [-0.15, -0.1) is 0 Å². The highest BCUT2D eigenvalue weighted by atomic mass is 32.2. The van der Waals surface area contributed by atoms with E-state index in [1.807, 2.05) is 16.8 Å². The van der Waals surface area contributed by atoms with Crippen LogP contribution in [0.25, 0.3) is 0 Å². The maximum absolute atomic E-state index is 12.2. The topological polar surface area (TPSA) is 75.6 Å². The van der Waals surface area contributed by atoms with E-state index in [1.54, 1.807) is 18.2 Å². The molecule has 0 saturated carbocycles. The molecule has 0 fully saturated rings. The van der Waals surface area contributed by atoms with Crippen LogP contribution in [0.2, 0.25) is 0 Å². The van der Waals surface area contributed by atoms with Crippen molar-refractivity contribution in [2.75, 3.05) is 13.7 Å². The number of hydrogen-bond donors (Lipinski definition) is 2. The molecule has 114 valence electrons. The summed E-state index contributed by atoms with van der Waals surface area (Å²) in [6, 6.07) is 8.24. The van der Waals surface area contributed by atoms with Gasteiger partial charge in [-0.25, -0.2) is 13.1 Å². The fourth-order valence-corrected chi connectivity index (χ4v) is 3.80. The highest BCUT2D eigenvalue weighted by Gasteiger charge is 2.19. The van der Waals surface area contributed by atoms with Gasteiger partial charge in [0.1, 0.15) is 10.6 Å². The lowest BCUT2D eigenvalue weighted by Gasteiger charge is -2.12. The predicted molar refractivity (Wildman–Crippen MR) is 82.1 cm³/mol. The zero-order valence-electron chi connectivity index (χ0n) is 11.5. The van der Waals surface area contributed by atoms with Gasteiger partial charge in [-0.3, -0.25) is 0 Å². The number of hydrogen-bond acceptors (Lipinski definition) is 5. The van der Waals surface area contributed by atoms with Gasteiger partial charge in [-0.2, -0.15) is 11.3 Å². The summed E-state index contributed by atoms with van der Waals surface area (Å²) in [5.74, 6) is 0.295. The van der Waals surface area contributed by atoms with E-state index in [-0.39, 0.29) is 11.4 Å². The van der Waals surface area contributed by atoms with Gasteiger partial charge >= 0.3 is 0 Å². The number of sulfonamides is 1. The Morgan fingerprint density at radius 1 is 1.33 bits per heavy atom. The molecule has 21 heavy (non-hydrogen) atoms. The SMILES string of the molecule is COc1ccccc1S(=O)(=O)NCCC(O)c1ccsc1. The van der Waals surface area contributed by atoms with Gasteiger partial charge in [0.15, 0.2) is 0 Å². The Hall–Kier alpha value is -1.41. The molecule has 1 heterocycles. The Morgan fingerprint density at radius 3 is 2.76 bits per heavy atom. The zero-order valence-corrected chi connectivity index (χ0v) is 13.2. The molecule has 0 saturated heterocycles. The molecular formula is C14H17NO4S2. The number of ether oxygens (including phenoxy) is 1. The smallest absolute Gasteiger partial charge is 0.244 e. The molecule has 0 bridgehead atoms. The molecule has 0 aliphatic carbocycles. The number of thiophene rings is 1. The lowest BCUT2D eigenvalue weighted by Crippen LogP contribution is -2.26. The molecule has 0 radical (unpaired) electrons. The van der Waals surface area contributed by atoms with Crippen LogP contribution in [0.1, 0.15) is 18.1 Å². The predicted octanol–water partition coefficient (Wildman–Crippen LogP) is 2.16. The fourth-order valence-electron chi connectivity index (χ4n) is 1.88. The summed E-state index contributed by atoms with van der Waals surface area (Å²) in [5, 5.41) is 13.6. The summed E-state index contributed by atoms with van der Waals surface area (Å²) >= 11 is 1.49. The van der Waals surface area contributed by atoms with Crippen LogP contribution in [-0.2, 0) is 10.0 Å². The molecule has 2 rings (SSSR count). The maximum Gasteiger partial charge on any atom is 0.244 e. The first-order chi connectivity index (χ1) is 10.0. The van der Waals surface area contributed by atoms with Crippen LogP contribution in [0.4, 0.5) is 0 Å². The largest absolute Gasteiger partial charge is 0.495 e. The molecule has 1 aromatic carbocycles. The number of nitrogens with one attached hydrogen (secondary N) is 1. The Morgan fingerprint density at radius 2 is 2.10 bits per heavy atom. The molecular weight excluding hydrogens is 310 g/mol. The zero-order chi connectivity index (χ0) is 15.3. The minimum atomic E-state index is -3.65. The average molecular weight is 327 g/mol. The summed E-state index contributed by atoms with van der Waals surface area (Å²) < 4.78 is 31.9. The maximum atomic E-state index is 12.2. The van der Waals surface area contributed by atoms with Crippen molar-refractivity contribution in [3.05, 3.63) is 46.7 Å². The van der Waals surface area contributed by atoms with Gasteiger partial charge in [0.25, 0.3) is 0 Å². The second-order valence-electron chi connectivity index (χ2n) is 4.41. The molecule has 1 unspecified atom stereocenters. The van der Waals surface area contributed by atoms with E-state index in [9.17, 15) is 13.5 Å². The Bertz CT molecular complexity index is 668. The first kappa shape index (κ1) is 16.0. The van der Waals surface area contributed by atoms with Gasteiger partial charge < -0.3 is 9.84 Å². The van der Waals surface area contributed by atoms with Crippen molar-refractivity contribution in [1.29, 1.82) is 0 Å². The summed E-state index contributed by atoms with van der Waals surface area (Å²) in [4.78, 5) is 0.0949. The molecule has 5 nitrogen and oxygen atoms in total. The van der Waals surface area contributed by atoms with Crippen LogP contribution in [0.15, 0.2) is 46.0 Å². The molecule has 2 N–H and O–H groups in total. The van der Waals surface area contributed by atoms with E-state index in [2.05, 4.69) is 4.72 Å². The van der Waals surface area contributed by atoms with Crippen molar-refractivity contribution < 1.29 is 18.3 Å². The highest BCUT2D eigenvalue weighted by Crippen LogP contribution is 2.23. The number of aliphatic hydroxyl groups excluding tert-OH is 1. The first-order valence-corrected chi connectivity index (χ1v) is 8.80. The van der Waals surface area contributed by atoms with Gasteiger partial charge in [-0.05, 0) is 40.9 Å². The minimum Gasteiger partial charge on any atom is -0.495 e. The van der Waals surface area contributed by atoms with E-state index < -0.39 is 16.1 Å². The monoisotopic (exact) mass is 327 g/mol. The van der Waals surface area contributed by atoms with Crippen LogP contribution < -0.4 is 9.46 Å². The van der Waals surface area contributed by atoms with E-state index in [1.165, 1.54) is 24.5 Å². The molecule has 0 aliphatic rings. The normalized spacial score (nSPS) is 13.0. The Labute approximate surface area is 128 Å². The van der Waals surface area contributed by atoms with E-state index in [4.69, 9.17) is 4.74 Å². The van der Waals surface area contributed by atoms with Crippen molar-refractivity contribution in [2.45, 2.75) is 17.4 Å². The van der Waals surface area contributed by atoms with E-state index in [0.29, 0.717) is 12.2 Å². The molecule has 2 aromatic rings. The number of methoxy groups -OCH3 is 1.